The van der Waals surface area contributed by atoms with E-state index in [1.807, 2.05) is 5.01 Å². The summed E-state index contributed by atoms with van der Waals surface area (Å²) in [5.41, 5.74) is 7.08. The number of hydrogen-bond donors (Lipinski definition) is 1. The van der Waals surface area contributed by atoms with Crippen molar-refractivity contribution in [2.24, 2.45) is 5.84 Å². The Hall–Kier alpha value is -1.78. The van der Waals surface area contributed by atoms with Gasteiger partial charge >= 0.3 is 0 Å². The summed E-state index contributed by atoms with van der Waals surface area (Å²) in [4.78, 5) is 4.89. The van der Waals surface area contributed by atoms with E-state index in [1.54, 1.807) is 0 Å². The van der Waals surface area contributed by atoms with Crippen molar-refractivity contribution in [1.82, 2.24) is 14.8 Å². The zero-order valence-electron chi connectivity index (χ0n) is 12.5. The van der Waals surface area contributed by atoms with Gasteiger partial charge in [0.15, 0.2) is 0 Å². The molecule has 1 aromatic rings. The second-order valence-corrected chi connectivity index (χ2v) is 6.27. The minimum Gasteiger partial charge on any atom is -0.368 e. The Morgan fingerprint density at radius 2 is 1.76 bits per heavy atom. The van der Waals surface area contributed by atoms with Gasteiger partial charge in [-0.3, -0.25) is 0 Å². The first-order chi connectivity index (χ1) is 10.2. The summed E-state index contributed by atoms with van der Waals surface area (Å²) in [5.74, 6) is 6.16. The smallest absolute Gasteiger partial charge is 0.0596 e. The van der Waals surface area contributed by atoms with Crippen molar-refractivity contribution in [3.63, 3.8) is 0 Å². The lowest BCUT2D eigenvalue weighted by molar-refractivity contribution is 0.184. The maximum absolute atomic E-state index is 6.16. The van der Waals surface area contributed by atoms with Crippen LogP contribution in [0.3, 0.4) is 0 Å². The van der Waals surface area contributed by atoms with Gasteiger partial charge < -0.3 is 14.8 Å². The van der Waals surface area contributed by atoms with Crippen molar-refractivity contribution < 1.29 is 0 Å². The summed E-state index contributed by atoms with van der Waals surface area (Å²) in [6.45, 7) is 5.24. The van der Waals surface area contributed by atoms with Crippen LogP contribution in [0.4, 0.5) is 0 Å². The first kappa shape index (κ1) is 12.9. The van der Waals surface area contributed by atoms with Crippen LogP contribution >= 0.6 is 0 Å². The minimum atomic E-state index is 0.823. The van der Waals surface area contributed by atoms with E-state index in [0.717, 1.165) is 39.1 Å². The standard InChI is InChI=1S/C17H22N4/c1-19-6-8-20(9-7-19)17-12-21(18)11-16-14-5-3-2-4-13(14)10-15(16)17/h2-5,12H,6-11,18H2,1H3. The van der Waals surface area contributed by atoms with Gasteiger partial charge in [-0.15, -0.1) is 0 Å². The highest BCUT2D eigenvalue weighted by Crippen LogP contribution is 2.40. The Morgan fingerprint density at radius 3 is 2.57 bits per heavy atom. The molecule has 1 fully saturated rings. The summed E-state index contributed by atoms with van der Waals surface area (Å²) >= 11 is 0. The molecule has 0 bridgehead atoms. The molecule has 1 saturated heterocycles. The van der Waals surface area contributed by atoms with Crippen LogP contribution in [0.5, 0.6) is 0 Å². The fraction of sp³-hybridized carbons (Fsp3) is 0.412. The summed E-state index contributed by atoms with van der Waals surface area (Å²) in [7, 11) is 2.19. The summed E-state index contributed by atoms with van der Waals surface area (Å²) < 4.78 is 0. The largest absolute Gasteiger partial charge is 0.368 e. The number of nitrogens with zero attached hydrogens (tertiary/aromatic N) is 3. The number of piperazine rings is 1. The molecule has 0 saturated carbocycles. The summed E-state index contributed by atoms with van der Waals surface area (Å²) in [5, 5.41) is 1.84. The van der Waals surface area contributed by atoms with Crippen LogP contribution in [-0.2, 0) is 6.42 Å². The fourth-order valence-electron chi connectivity index (χ4n) is 3.64. The average molecular weight is 282 g/mol. The third-order valence-corrected chi connectivity index (χ3v) is 4.86. The topological polar surface area (TPSA) is 35.7 Å². The Morgan fingerprint density at radius 1 is 1.00 bits per heavy atom. The second-order valence-electron chi connectivity index (χ2n) is 6.27. The Kier molecular flexibility index (Phi) is 3.01. The first-order valence-electron chi connectivity index (χ1n) is 7.70. The van der Waals surface area contributed by atoms with Gasteiger partial charge in [0.25, 0.3) is 0 Å². The van der Waals surface area contributed by atoms with Crippen molar-refractivity contribution in [3.05, 3.63) is 52.9 Å². The average Bonchev–Trinajstić information content (AvgIpc) is 2.86. The number of hydrogen-bond acceptors (Lipinski definition) is 4. The molecule has 0 amide bonds. The van der Waals surface area contributed by atoms with E-state index in [0.29, 0.717) is 0 Å². The predicted octanol–water partition coefficient (Wildman–Crippen LogP) is 1.27. The van der Waals surface area contributed by atoms with Crippen LogP contribution in [0, 0.1) is 0 Å². The van der Waals surface area contributed by atoms with E-state index in [2.05, 4.69) is 47.3 Å². The number of likely N-dealkylation sites (N-methyl/N-ethyl adjacent to an activating group) is 1. The van der Waals surface area contributed by atoms with E-state index in [-0.39, 0.29) is 0 Å². The fourth-order valence-corrected chi connectivity index (χ4v) is 3.64. The van der Waals surface area contributed by atoms with Crippen molar-refractivity contribution in [2.75, 3.05) is 39.8 Å². The molecule has 4 heteroatoms. The lowest BCUT2D eigenvalue weighted by Gasteiger charge is -2.38. The van der Waals surface area contributed by atoms with Gasteiger partial charge in [0.05, 0.1) is 12.2 Å². The van der Waals surface area contributed by atoms with Crippen LogP contribution in [0.25, 0.3) is 5.57 Å². The summed E-state index contributed by atoms with van der Waals surface area (Å²) in [6.07, 6.45) is 3.19. The molecule has 0 atom stereocenters. The van der Waals surface area contributed by atoms with E-state index in [1.165, 1.54) is 28.0 Å². The lowest BCUT2D eigenvalue weighted by Crippen LogP contribution is -2.45. The molecular weight excluding hydrogens is 260 g/mol. The number of rotatable bonds is 1. The van der Waals surface area contributed by atoms with Gasteiger partial charge in [-0.1, -0.05) is 24.3 Å². The van der Waals surface area contributed by atoms with Crippen LogP contribution in [0.1, 0.15) is 11.1 Å². The molecule has 4 nitrogen and oxygen atoms in total. The third kappa shape index (κ3) is 2.15. The van der Waals surface area contributed by atoms with E-state index in [9.17, 15) is 0 Å². The first-order valence-corrected chi connectivity index (χ1v) is 7.70. The quantitative estimate of drug-likeness (QED) is 0.787. The molecule has 2 aliphatic heterocycles. The SMILES string of the molecule is CN1CCN(C2=CN(N)CC3=C2Cc2ccccc23)CC1. The predicted molar refractivity (Wildman–Crippen MR) is 85.1 cm³/mol. The van der Waals surface area contributed by atoms with Crippen LogP contribution < -0.4 is 5.84 Å². The zero-order chi connectivity index (χ0) is 14.4. The molecule has 1 aliphatic carbocycles. The van der Waals surface area contributed by atoms with Gasteiger partial charge in [0.2, 0.25) is 0 Å². The van der Waals surface area contributed by atoms with Gasteiger partial charge in [0.1, 0.15) is 0 Å². The molecule has 21 heavy (non-hydrogen) atoms. The molecular formula is C17H22N4. The number of allylic oxidation sites excluding steroid dienone is 1. The van der Waals surface area contributed by atoms with Crippen molar-refractivity contribution >= 4 is 5.57 Å². The second kappa shape index (κ2) is 4.90. The zero-order valence-corrected chi connectivity index (χ0v) is 12.5. The van der Waals surface area contributed by atoms with E-state index < -0.39 is 0 Å². The highest BCUT2D eigenvalue weighted by Gasteiger charge is 2.30. The number of fused-ring (bicyclic) bond motifs is 2. The molecule has 110 valence electrons. The Bertz CT molecular complexity index is 623. The van der Waals surface area contributed by atoms with Gasteiger partial charge in [-0.05, 0) is 29.3 Å². The normalized spacial score (nSPS) is 22.3. The lowest BCUT2D eigenvalue weighted by atomic mass is 10.0. The highest BCUT2D eigenvalue weighted by atomic mass is 15.4. The molecule has 3 aliphatic rings. The maximum atomic E-state index is 6.16. The highest BCUT2D eigenvalue weighted by molar-refractivity contribution is 5.81. The van der Waals surface area contributed by atoms with Crippen molar-refractivity contribution in [2.45, 2.75) is 6.42 Å². The molecule has 4 rings (SSSR count). The molecule has 0 unspecified atom stereocenters. The molecule has 0 radical (unpaired) electrons. The molecule has 1 aromatic carbocycles. The summed E-state index contributed by atoms with van der Waals surface area (Å²) in [6, 6.07) is 8.74. The third-order valence-electron chi connectivity index (χ3n) is 4.86. The number of benzene rings is 1. The van der Waals surface area contributed by atoms with E-state index >= 15 is 0 Å². The van der Waals surface area contributed by atoms with Crippen LogP contribution in [0.15, 0.2) is 41.7 Å². The maximum Gasteiger partial charge on any atom is 0.0596 e. The van der Waals surface area contributed by atoms with Gasteiger partial charge in [-0.25, -0.2) is 5.84 Å². The van der Waals surface area contributed by atoms with Crippen LogP contribution in [-0.4, -0.2) is 54.6 Å². The Labute approximate surface area is 126 Å². The molecule has 0 aromatic heterocycles. The van der Waals surface area contributed by atoms with Gasteiger partial charge in [0, 0.05) is 38.8 Å². The Balaban J connectivity index is 1.69. The molecule has 2 N–H and O–H groups in total. The molecule has 2 heterocycles. The number of hydrazine groups is 1. The van der Waals surface area contributed by atoms with Gasteiger partial charge in [-0.2, -0.15) is 0 Å². The van der Waals surface area contributed by atoms with Crippen molar-refractivity contribution in [3.8, 4) is 0 Å². The minimum absolute atomic E-state index is 0.823. The van der Waals surface area contributed by atoms with Crippen molar-refractivity contribution in [1.29, 1.82) is 0 Å². The van der Waals surface area contributed by atoms with Crippen LogP contribution in [0.2, 0.25) is 0 Å². The van der Waals surface area contributed by atoms with E-state index in [4.69, 9.17) is 5.84 Å². The monoisotopic (exact) mass is 282 g/mol. The number of nitrogens with two attached hydrogens (primary N) is 1. The molecule has 0 spiro atoms.